The number of anilines is 1. The van der Waals surface area contributed by atoms with E-state index in [0.717, 1.165) is 11.3 Å². The van der Waals surface area contributed by atoms with Crippen LogP contribution in [0.2, 0.25) is 5.02 Å². The molecule has 2 aromatic carbocycles. The molecule has 0 spiro atoms. The maximum absolute atomic E-state index is 12.2. The smallest absolute Gasteiger partial charge is 0.182 e. The molecule has 98 valence electrons. The molecule has 0 saturated carbocycles. The van der Waals surface area contributed by atoms with Crippen molar-refractivity contribution in [3.05, 3.63) is 64.7 Å². The number of para-hydroxylation sites is 1. The maximum atomic E-state index is 12.2. The molecule has 2 nitrogen and oxygen atoms in total. The van der Waals surface area contributed by atoms with Crippen molar-refractivity contribution < 1.29 is 4.79 Å². The van der Waals surface area contributed by atoms with Crippen LogP contribution in [0, 0.1) is 6.92 Å². The van der Waals surface area contributed by atoms with E-state index in [9.17, 15) is 4.79 Å². The van der Waals surface area contributed by atoms with Gasteiger partial charge in [-0.15, -0.1) is 0 Å². The number of likely N-dealkylation sites (N-methyl/N-ethyl adjacent to an activating group) is 1. The van der Waals surface area contributed by atoms with Crippen LogP contribution in [0.1, 0.15) is 15.9 Å². The summed E-state index contributed by atoms with van der Waals surface area (Å²) in [6.07, 6.45) is 0. The normalized spacial score (nSPS) is 10.3. The number of nitrogens with zero attached hydrogens (tertiary/aromatic N) is 1. The van der Waals surface area contributed by atoms with Crippen LogP contribution in [0.4, 0.5) is 5.69 Å². The van der Waals surface area contributed by atoms with E-state index in [0.29, 0.717) is 17.1 Å². The molecule has 0 aromatic heterocycles. The first kappa shape index (κ1) is 13.6. The summed E-state index contributed by atoms with van der Waals surface area (Å²) < 4.78 is 0. The molecule has 2 rings (SSSR count). The van der Waals surface area contributed by atoms with Gasteiger partial charge in [-0.2, -0.15) is 0 Å². The highest BCUT2D eigenvalue weighted by atomic mass is 35.5. The Bertz CT molecular complexity index is 578. The lowest BCUT2D eigenvalue weighted by Gasteiger charge is -2.20. The van der Waals surface area contributed by atoms with Crippen LogP contribution in [0.3, 0.4) is 0 Å². The molecule has 3 heteroatoms. The standard InChI is InChI=1S/C16H16ClNO/c1-12-5-3-4-6-15(12)18(2)11-16(19)13-7-9-14(17)10-8-13/h3-10H,11H2,1-2H3. The first-order valence-corrected chi connectivity index (χ1v) is 6.51. The molecule has 2 aromatic rings. The van der Waals surface area contributed by atoms with Crippen LogP contribution in [-0.2, 0) is 0 Å². The third-order valence-electron chi connectivity index (χ3n) is 3.07. The van der Waals surface area contributed by atoms with E-state index in [-0.39, 0.29) is 5.78 Å². The summed E-state index contributed by atoms with van der Waals surface area (Å²) in [5, 5.41) is 0.642. The predicted octanol–water partition coefficient (Wildman–Crippen LogP) is 3.97. The summed E-state index contributed by atoms with van der Waals surface area (Å²) in [5.41, 5.74) is 2.92. The Morgan fingerprint density at radius 1 is 1.11 bits per heavy atom. The summed E-state index contributed by atoms with van der Waals surface area (Å²) in [6.45, 7) is 2.39. The summed E-state index contributed by atoms with van der Waals surface area (Å²) >= 11 is 5.82. The number of carbonyl (C=O) groups is 1. The average molecular weight is 274 g/mol. The fraction of sp³-hybridized carbons (Fsp3) is 0.188. The van der Waals surface area contributed by atoms with E-state index >= 15 is 0 Å². The first-order chi connectivity index (χ1) is 9.08. The van der Waals surface area contributed by atoms with Gasteiger partial charge in [-0.25, -0.2) is 0 Å². The number of aryl methyl sites for hydroxylation is 1. The van der Waals surface area contributed by atoms with Crippen molar-refractivity contribution >= 4 is 23.1 Å². The summed E-state index contributed by atoms with van der Waals surface area (Å²) in [4.78, 5) is 14.1. The molecule has 0 aliphatic carbocycles. The molecule has 0 unspecified atom stereocenters. The van der Waals surface area contributed by atoms with Crippen LogP contribution in [0.15, 0.2) is 48.5 Å². The molecule has 0 N–H and O–H groups in total. The van der Waals surface area contributed by atoms with Gasteiger partial charge in [-0.3, -0.25) is 4.79 Å². The monoisotopic (exact) mass is 273 g/mol. The van der Waals surface area contributed by atoms with Crippen LogP contribution in [-0.4, -0.2) is 19.4 Å². The lowest BCUT2D eigenvalue weighted by atomic mass is 10.1. The van der Waals surface area contributed by atoms with Gasteiger partial charge >= 0.3 is 0 Å². The van der Waals surface area contributed by atoms with E-state index in [1.807, 2.05) is 43.1 Å². The topological polar surface area (TPSA) is 20.3 Å². The molecule has 19 heavy (non-hydrogen) atoms. The summed E-state index contributed by atoms with van der Waals surface area (Å²) in [6, 6.07) is 15.0. The fourth-order valence-electron chi connectivity index (χ4n) is 2.02. The second-order valence-electron chi connectivity index (χ2n) is 4.57. The first-order valence-electron chi connectivity index (χ1n) is 6.13. The summed E-state index contributed by atoms with van der Waals surface area (Å²) in [5.74, 6) is 0.0856. The number of Topliss-reactive ketones (excluding diaryl/α,β-unsaturated/α-hetero) is 1. The molecule has 0 saturated heterocycles. The average Bonchev–Trinajstić information content (AvgIpc) is 2.39. The zero-order valence-corrected chi connectivity index (χ0v) is 11.8. The highest BCUT2D eigenvalue weighted by Crippen LogP contribution is 2.18. The van der Waals surface area contributed by atoms with Gasteiger partial charge in [-0.05, 0) is 42.8 Å². The Kier molecular flexibility index (Phi) is 4.23. The number of hydrogen-bond donors (Lipinski definition) is 0. The van der Waals surface area contributed by atoms with Crippen LogP contribution >= 0.6 is 11.6 Å². The molecule has 0 atom stereocenters. The van der Waals surface area contributed by atoms with Crippen molar-refractivity contribution in [2.45, 2.75) is 6.92 Å². The molecule has 0 aliphatic rings. The summed E-state index contributed by atoms with van der Waals surface area (Å²) in [7, 11) is 1.93. The van der Waals surface area contributed by atoms with Crippen molar-refractivity contribution in [3.8, 4) is 0 Å². The minimum Gasteiger partial charge on any atom is -0.367 e. The molecule has 0 fully saturated rings. The zero-order valence-electron chi connectivity index (χ0n) is 11.1. The Hall–Kier alpha value is -1.80. The molecule has 0 aliphatic heterocycles. The van der Waals surface area contributed by atoms with Crippen LogP contribution in [0.5, 0.6) is 0 Å². The van der Waals surface area contributed by atoms with E-state index in [2.05, 4.69) is 0 Å². The largest absolute Gasteiger partial charge is 0.367 e. The van der Waals surface area contributed by atoms with E-state index in [1.54, 1.807) is 24.3 Å². The van der Waals surface area contributed by atoms with Gasteiger partial charge in [0.25, 0.3) is 0 Å². The minimum atomic E-state index is 0.0856. The van der Waals surface area contributed by atoms with Crippen LogP contribution in [0.25, 0.3) is 0 Å². The molecule has 0 amide bonds. The molecule has 0 radical (unpaired) electrons. The Morgan fingerprint density at radius 2 is 1.74 bits per heavy atom. The lowest BCUT2D eigenvalue weighted by molar-refractivity contribution is 0.100. The van der Waals surface area contributed by atoms with Gasteiger partial charge in [0.1, 0.15) is 0 Å². The molecule has 0 bridgehead atoms. The minimum absolute atomic E-state index is 0.0856. The van der Waals surface area contributed by atoms with Gasteiger partial charge < -0.3 is 4.90 Å². The van der Waals surface area contributed by atoms with Crippen molar-refractivity contribution in [2.75, 3.05) is 18.5 Å². The van der Waals surface area contributed by atoms with Crippen molar-refractivity contribution in [1.29, 1.82) is 0 Å². The number of hydrogen-bond acceptors (Lipinski definition) is 2. The van der Waals surface area contributed by atoms with Crippen molar-refractivity contribution in [1.82, 2.24) is 0 Å². The van der Waals surface area contributed by atoms with Gasteiger partial charge in [0.2, 0.25) is 0 Å². The molecule has 0 heterocycles. The number of benzene rings is 2. The molecular formula is C16H16ClNO. The quantitative estimate of drug-likeness (QED) is 0.786. The zero-order chi connectivity index (χ0) is 13.8. The van der Waals surface area contributed by atoms with E-state index in [4.69, 9.17) is 11.6 Å². The Labute approximate surface area is 118 Å². The van der Waals surface area contributed by atoms with E-state index in [1.165, 1.54) is 0 Å². The fourth-order valence-corrected chi connectivity index (χ4v) is 2.15. The number of ketones is 1. The van der Waals surface area contributed by atoms with Gasteiger partial charge in [0, 0.05) is 23.3 Å². The predicted molar refractivity (Wildman–Crippen MR) is 80.2 cm³/mol. The third kappa shape index (κ3) is 3.36. The lowest BCUT2D eigenvalue weighted by Crippen LogP contribution is -2.26. The Balaban J connectivity index is 2.11. The SMILES string of the molecule is Cc1ccccc1N(C)CC(=O)c1ccc(Cl)cc1. The third-order valence-corrected chi connectivity index (χ3v) is 3.33. The maximum Gasteiger partial charge on any atom is 0.182 e. The van der Waals surface area contributed by atoms with Gasteiger partial charge in [-0.1, -0.05) is 29.8 Å². The second kappa shape index (κ2) is 5.89. The van der Waals surface area contributed by atoms with Gasteiger partial charge in [0.15, 0.2) is 5.78 Å². The van der Waals surface area contributed by atoms with Gasteiger partial charge in [0.05, 0.1) is 6.54 Å². The Morgan fingerprint density at radius 3 is 2.37 bits per heavy atom. The van der Waals surface area contributed by atoms with Crippen LogP contribution < -0.4 is 4.90 Å². The number of rotatable bonds is 4. The van der Waals surface area contributed by atoms with Crippen molar-refractivity contribution in [2.24, 2.45) is 0 Å². The number of halogens is 1. The number of carbonyl (C=O) groups excluding carboxylic acids is 1. The van der Waals surface area contributed by atoms with Crippen molar-refractivity contribution in [3.63, 3.8) is 0 Å². The second-order valence-corrected chi connectivity index (χ2v) is 5.01. The highest BCUT2D eigenvalue weighted by molar-refractivity contribution is 6.30. The highest BCUT2D eigenvalue weighted by Gasteiger charge is 2.11. The molecular weight excluding hydrogens is 258 g/mol. The van der Waals surface area contributed by atoms with E-state index < -0.39 is 0 Å².